The highest BCUT2D eigenvalue weighted by Crippen LogP contribution is 2.52. The summed E-state index contributed by atoms with van der Waals surface area (Å²) in [5, 5.41) is 0.697. The second kappa shape index (κ2) is 3.79. The molecule has 2 aliphatic rings. The largest absolute Gasteiger partial charge is 0.454 e. The van der Waals surface area contributed by atoms with Gasteiger partial charge in [0.05, 0.1) is 5.02 Å². The molecule has 1 fully saturated rings. The van der Waals surface area contributed by atoms with Gasteiger partial charge in [-0.3, -0.25) is 0 Å². The lowest BCUT2D eigenvalue weighted by molar-refractivity contribution is 0.173. The van der Waals surface area contributed by atoms with E-state index in [1.54, 1.807) is 0 Å². The average Bonchev–Trinajstić information content (AvgIpc) is 2.69. The molecule has 0 unspecified atom stereocenters. The summed E-state index contributed by atoms with van der Waals surface area (Å²) < 4.78 is 10.8. The summed E-state index contributed by atoms with van der Waals surface area (Å²) >= 11 is 6.47. The van der Waals surface area contributed by atoms with Gasteiger partial charge in [0.1, 0.15) is 0 Å². The van der Waals surface area contributed by atoms with Crippen LogP contribution in [0.5, 0.6) is 11.5 Å². The van der Waals surface area contributed by atoms with Gasteiger partial charge in [0.25, 0.3) is 0 Å². The monoisotopic (exact) mass is 253 g/mol. The van der Waals surface area contributed by atoms with Crippen LogP contribution in [-0.2, 0) is 5.41 Å². The number of benzene rings is 1. The van der Waals surface area contributed by atoms with Gasteiger partial charge in [0.15, 0.2) is 11.5 Å². The smallest absolute Gasteiger partial charge is 0.231 e. The SMILES string of the molecule is Cc1cc2c(c(Cl)c1C1(CN)CCC1)OCO2. The Kier molecular flexibility index (Phi) is 2.49. The van der Waals surface area contributed by atoms with Crippen molar-refractivity contribution < 1.29 is 9.47 Å². The van der Waals surface area contributed by atoms with E-state index in [-0.39, 0.29) is 12.2 Å². The van der Waals surface area contributed by atoms with Crippen LogP contribution in [-0.4, -0.2) is 13.3 Å². The van der Waals surface area contributed by atoms with Gasteiger partial charge < -0.3 is 15.2 Å². The van der Waals surface area contributed by atoms with Crippen LogP contribution in [0.2, 0.25) is 5.02 Å². The second-order valence-electron chi connectivity index (χ2n) is 4.95. The topological polar surface area (TPSA) is 44.5 Å². The molecular weight excluding hydrogens is 238 g/mol. The Morgan fingerprint density at radius 2 is 2.18 bits per heavy atom. The number of nitrogens with two attached hydrogens (primary N) is 1. The van der Waals surface area contributed by atoms with Crippen LogP contribution >= 0.6 is 11.6 Å². The lowest BCUT2D eigenvalue weighted by atomic mass is 9.63. The van der Waals surface area contributed by atoms with E-state index in [0.717, 1.165) is 29.7 Å². The molecule has 1 heterocycles. The van der Waals surface area contributed by atoms with Crippen molar-refractivity contribution in [3.05, 3.63) is 22.2 Å². The summed E-state index contributed by atoms with van der Waals surface area (Å²) in [6.07, 6.45) is 3.45. The van der Waals surface area contributed by atoms with Crippen LogP contribution in [0, 0.1) is 6.92 Å². The van der Waals surface area contributed by atoms with Crippen LogP contribution in [0.15, 0.2) is 6.07 Å². The van der Waals surface area contributed by atoms with E-state index in [1.165, 1.54) is 6.42 Å². The van der Waals surface area contributed by atoms with Gasteiger partial charge in [-0.2, -0.15) is 0 Å². The van der Waals surface area contributed by atoms with Gasteiger partial charge in [-0.25, -0.2) is 0 Å². The van der Waals surface area contributed by atoms with E-state index in [1.807, 2.05) is 6.07 Å². The Labute approximate surface area is 106 Å². The molecule has 3 nitrogen and oxygen atoms in total. The fourth-order valence-electron chi connectivity index (χ4n) is 2.93. The molecule has 1 aromatic carbocycles. The molecule has 0 radical (unpaired) electrons. The maximum Gasteiger partial charge on any atom is 0.231 e. The number of hydrogen-bond donors (Lipinski definition) is 1. The van der Waals surface area contributed by atoms with Crippen molar-refractivity contribution in [3.63, 3.8) is 0 Å². The minimum atomic E-state index is 0.0577. The van der Waals surface area contributed by atoms with E-state index in [4.69, 9.17) is 26.8 Å². The minimum absolute atomic E-state index is 0.0577. The summed E-state index contributed by atoms with van der Waals surface area (Å²) in [5.74, 6) is 1.44. The van der Waals surface area contributed by atoms with Gasteiger partial charge >= 0.3 is 0 Å². The van der Waals surface area contributed by atoms with Crippen molar-refractivity contribution in [3.8, 4) is 11.5 Å². The van der Waals surface area contributed by atoms with Gasteiger partial charge in [-0.05, 0) is 37.0 Å². The first-order chi connectivity index (χ1) is 8.18. The number of aryl methyl sites for hydroxylation is 1. The Morgan fingerprint density at radius 3 is 2.76 bits per heavy atom. The zero-order valence-corrected chi connectivity index (χ0v) is 10.6. The first kappa shape index (κ1) is 11.2. The summed E-state index contributed by atoms with van der Waals surface area (Å²) in [6, 6.07) is 2.01. The summed E-state index contributed by atoms with van der Waals surface area (Å²) in [4.78, 5) is 0. The minimum Gasteiger partial charge on any atom is -0.454 e. The highest BCUT2D eigenvalue weighted by atomic mass is 35.5. The van der Waals surface area contributed by atoms with E-state index >= 15 is 0 Å². The van der Waals surface area contributed by atoms with Crippen molar-refractivity contribution in [1.29, 1.82) is 0 Å². The number of halogens is 1. The number of ether oxygens (including phenoxy) is 2. The first-order valence-corrected chi connectivity index (χ1v) is 6.35. The molecule has 2 N–H and O–H groups in total. The third kappa shape index (κ3) is 1.45. The fraction of sp³-hybridized carbons (Fsp3) is 0.538. The molecule has 0 bridgehead atoms. The molecule has 3 rings (SSSR count). The average molecular weight is 254 g/mol. The van der Waals surface area contributed by atoms with Crippen LogP contribution in [0.25, 0.3) is 0 Å². The third-order valence-electron chi connectivity index (χ3n) is 4.03. The summed E-state index contributed by atoms with van der Waals surface area (Å²) in [5.41, 5.74) is 8.33. The van der Waals surface area contributed by atoms with E-state index in [0.29, 0.717) is 17.3 Å². The molecule has 0 spiro atoms. The van der Waals surface area contributed by atoms with Crippen molar-refractivity contribution in [1.82, 2.24) is 0 Å². The molecule has 17 heavy (non-hydrogen) atoms. The van der Waals surface area contributed by atoms with E-state index < -0.39 is 0 Å². The summed E-state index contributed by atoms with van der Waals surface area (Å²) in [7, 11) is 0. The Balaban J connectivity index is 2.17. The standard InChI is InChI=1S/C13H16ClNO2/c1-8-5-9-12(17-7-16-9)11(14)10(8)13(6-15)3-2-4-13/h5H,2-4,6-7,15H2,1H3. The van der Waals surface area contributed by atoms with E-state index in [9.17, 15) is 0 Å². The molecular formula is C13H16ClNO2. The number of hydrogen-bond acceptors (Lipinski definition) is 3. The number of fused-ring (bicyclic) bond motifs is 1. The Bertz CT molecular complexity index is 463. The maximum absolute atomic E-state index is 6.47. The van der Waals surface area contributed by atoms with Crippen molar-refractivity contribution >= 4 is 11.6 Å². The molecule has 0 aromatic heterocycles. The Hall–Kier alpha value is -0.930. The van der Waals surface area contributed by atoms with Crippen LogP contribution < -0.4 is 15.2 Å². The first-order valence-electron chi connectivity index (χ1n) is 5.97. The van der Waals surface area contributed by atoms with Gasteiger partial charge in [-0.1, -0.05) is 18.0 Å². The second-order valence-corrected chi connectivity index (χ2v) is 5.33. The highest BCUT2D eigenvalue weighted by Gasteiger charge is 2.41. The molecule has 1 aliphatic carbocycles. The predicted octanol–water partition coefficient (Wildman–Crippen LogP) is 2.76. The molecule has 4 heteroatoms. The molecule has 1 aliphatic heterocycles. The molecule has 0 amide bonds. The molecule has 0 saturated heterocycles. The molecule has 1 aromatic rings. The quantitative estimate of drug-likeness (QED) is 0.882. The molecule has 92 valence electrons. The normalized spacial score (nSPS) is 20.2. The van der Waals surface area contributed by atoms with Crippen molar-refractivity contribution in [2.24, 2.45) is 5.73 Å². The van der Waals surface area contributed by atoms with Gasteiger partial charge in [-0.15, -0.1) is 0 Å². The fourth-order valence-corrected chi connectivity index (χ4v) is 3.43. The van der Waals surface area contributed by atoms with Crippen LogP contribution in [0.4, 0.5) is 0 Å². The van der Waals surface area contributed by atoms with Crippen molar-refractivity contribution in [2.45, 2.75) is 31.6 Å². The number of rotatable bonds is 2. The lowest BCUT2D eigenvalue weighted by Crippen LogP contribution is -2.42. The van der Waals surface area contributed by atoms with Gasteiger partial charge in [0.2, 0.25) is 6.79 Å². The zero-order valence-electron chi connectivity index (χ0n) is 9.88. The highest BCUT2D eigenvalue weighted by molar-refractivity contribution is 6.33. The van der Waals surface area contributed by atoms with Crippen LogP contribution in [0.3, 0.4) is 0 Å². The van der Waals surface area contributed by atoms with Gasteiger partial charge in [0, 0.05) is 12.0 Å². The van der Waals surface area contributed by atoms with Crippen molar-refractivity contribution in [2.75, 3.05) is 13.3 Å². The maximum atomic E-state index is 6.47. The van der Waals surface area contributed by atoms with E-state index in [2.05, 4.69) is 6.92 Å². The molecule has 1 saturated carbocycles. The zero-order chi connectivity index (χ0) is 12.0. The Morgan fingerprint density at radius 1 is 1.41 bits per heavy atom. The van der Waals surface area contributed by atoms with Crippen LogP contribution in [0.1, 0.15) is 30.4 Å². The predicted molar refractivity (Wildman–Crippen MR) is 66.9 cm³/mol. The third-order valence-corrected chi connectivity index (χ3v) is 4.39. The molecule has 0 atom stereocenters. The lowest BCUT2D eigenvalue weighted by Gasteiger charge is -2.43. The summed E-state index contributed by atoms with van der Waals surface area (Å²) in [6.45, 7) is 2.97.